The molecule has 4 saturated carbocycles. The molecule has 4 fully saturated rings. The fourth-order valence-corrected chi connectivity index (χ4v) is 5.64. The number of aromatic nitrogens is 3. The molecule has 4 aliphatic carbocycles. The van der Waals surface area contributed by atoms with Crippen LogP contribution >= 0.6 is 22.6 Å². The number of nitrogens with zero attached hydrogens (tertiary/aromatic N) is 4. The maximum absolute atomic E-state index is 13.9. The summed E-state index contributed by atoms with van der Waals surface area (Å²) < 4.78 is 25.7. The highest BCUT2D eigenvalue weighted by Gasteiger charge is 2.53. The first-order valence-electron chi connectivity index (χ1n) is 11.7. The smallest absolute Gasteiger partial charge is 0.416 e. The first-order valence-corrected chi connectivity index (χ1v) is 12.8. The van der Waals surface area contributed by atoms with Crippen LogP contribution in [-0.4, -0.2) is 33.4 Å². The lowest BCUT2D eigenvalue weighted by Crippen LogP contribution is -2.51. The molecule has 6 rings (SSSR count). The van der Waals surface area contributed by atoms with E-state index >= 15 is 0 Å². The largest absolute Gasteiger partial charge is 0.443 e. The molecule has 2 bridgehead atoms. The SMILES string of the molecule is CC(C)(C)OC(=O)N(CC12CCC(c3nc(C4CC4)no3)(CC1)CC2)c1cc(I)c(F)cn1. The van der Waals surface area contributed by atoms with Crippen molar-refractivity contribution in [2.24, 2.45) is 5.41 Å². The highest BCUT2D eigenvalue weighted by atomic mass is 127. The number of hydrogen-bond acceptors (Lipinski definition) is 6. The minimum atomic E-state index is -0.633. The van der Waals surface area contributed by atoms with Gasteiger partial charge in [0.1, 0.15) is 11.4 Å². The Kier molecular flexibility index (Phi) is 5.69. The molecule has 7 nitrogen and oxygen atoms in total. The van der Waals surface area contributed by atoms with E-state index in [0.29, 0.717) is 21.9 Å². The van der Waals surface area contributed by atoms with Crippen LogP contribution in [-0.2, 0) is 10.2 Å². The van der Waals surface area contributed by atoms with Crippen molar-refractivity contribution in [3.63, 3.8) is 0 Å². The maximum atomic E-state index is 13.9. The van der Waals surface area contributed by atoms with E-state index < -0.39 is 17.5 Å². The zero-order valence-corrected chi connectivity index (χ0v) is 21.5. The van der Waals surface area contributed by atoms with Crippen LogP contribution in [0.15, 0.2) is 16.8 Å². The lowest BCUT2D eigenvalue weighted by molar-refractivity contribution is 0.0218. The Labute approximate surface area is 207 Å². The Bertz CT molecular complexity index is 1040. The van der Waals surface area contributed by atoms with Gasteiger partial charge in [-0.05, 0) is 106 Å². The van der Waals surface area contributed by atoms with Crippen molar-refractivity contribution in [3.8, 4) is 0 Å². The molecule has 0 atom stereocenters. The molecular weight excluding hydrogens is 538 g/mol. The summed E-state index contributed by atoms with van der Waals surface area (Å²) >= 11 is 1.93. The van der Waals surface area contributed by atoms with Gasteiger partial charge in [0.05, 0.1) is 9.77 Å². The van der Waals surface area contributed by atoms with E-state index in [-0.39, 0.29) is 10.8 Å². The fraction of sp³-hybridized carbons (Fsp3) is 0.667. The summed E-state index contributed by atoms with van der Waals surface area (Å²) in [6, 6.07) is 1.62. The summed E-state index contributed by atoms with van der Waals surface area (Å²) in [6.07, 6.45) is 8.84. The summed E-state index contributed by atoms with van der Waals surface area (Å²) in [5.74, 6) is 2.19. The topological polar surface area (TPSA) is 81.4 Å². The van der Waals surface area contributed by atoms with Gasteiger partial charge in [0.2, 0.25) is 5.89 Å². The lowest BCUT2D eigenvalue weighted by atomic mass is 9.53. The predicted molar refractivity (Wildman–Crippen MR) is 129 cm³/mol. The van der Waals surface area contributed by atoms with Gasteiger partial charge in [0.15, 0.2) is 11.6 Å². The average molecular weight is 568 g/mol. The van der Waals surface area contributed by atoms with Crippen LogP contribution in [0.3, 0.4) is 0 Å². The van der Waals surface area contributed by atoms with E-state index in [1.54, 1.807) is 11.0 Å². The van der Waals surface area contributed by atoms with E-state index in [1.165, 1.54) is 6.20 Å². The molecule has 2 heterocycles. The summed E-state index contributed by atoms with van der Waals surface area (Å²) in [5, 5.41) is 4.25. The molecule has 0 aromatic carbocycles. The average Bonchev–Trinajstić information content (AvgIpc) is 3.50. The van der Waals surface area contributed by atoms with Crippen LogP contribution in [0.4, 0.5) is 15.0 Å². The quantitative estimate of drug-likeness (QED) is 0.405. The van der Waals surface area contributed by atoms with Gasteiger partial charge >= 0.3 is 6.09 Å². The minimum absolute atomic E-state index is 0.0283. The van der Waals surface area contributed by atoms with Crippen molar-refractivity contribution in [2.75, 3.05) is 11.4 Å². The second-order valence-electron chi connectivity index (χ2n) is 11.0. The number of halogens is 2. The minimum Gasteiger partial charge on any atom is -0.443 e. The van der Waals surface area contributed by atoms with E-state index in [2.05, 4.69) is 10.1 Å². The number of rotatable bonds is 5. The van der Waals surface area contributed by atoms with E-state index in [0.717, 1.165) is 63.1 Å². The molecule has 1 amide bonds. The highest BCUT2D eigenvalue weighted by molar-refractivity contribution is 14.1. The van der Waals surface area contributed by atoms with E-state index in [9.17, 15) is 9.18 Å². The molecule has 33 heavy (non-hydrogen) atoms. The van der Waals surface area contributed by atoms with E-state index in [1.807, 2.05) is 43.4 Å². The van der Waals surface area contributed by atoms with Crippen LogP contribution < -0.4 is 4.90 Å². The van der Waals surface area contributed by atoms with Gasteiger partial charge in [-0.2, -0.15) is 4.98 Å². The van der Waals surface area contributed by atoms with Gasteiger partial charge < -0.3 is 9.26 Å². The first-order chi connectivity index (χ1) is 15.6. The van der Waals surface area contributed by atoms with Gasteiger partial charge in [0, 0.05) is 17.9 Å². The number of fused-ring (bicyclic) bond motifs is 3. The molecule has 9 heteroatoms. The van der Waals surface area contributed by atoms with Crippen LogP contribution in [0.25, 0.3) is 0 Å². The molecule has 0 spiro atoms. The van der Waals surface area contributed by atoms with Crippen LogP contribution in [0.1, 0.15) is 89.8 Å². The zero-order valence-electron chi connectivity index (χ0n) is 19.4. The number of anilines is 1. The van der Waals surface area contributed by atoms with Gasteiger partial charge in [-0.25, -0.2) is 14.2 Å². The first kappa shape index (κ1) is 23.0. The normalized spacial score (nSPS) is 26.9. The number of pyridine rings is 1. The van der Waals surface area contributed by atoms with Gasteiger partial charge in [-0.1, -0.05) is 5.16 Å². The van der Waals surface area contributed by atoms with Crippen molar-refractivity contribution in [2.45, 2.75) is 89.1 Å². The highest BCUT2D eigenvalue weighted by Crippen LogP contribution is 2.58. The third-order valence-corrected chi connectivity index (χ3v) is 8.24. The van der Waals surface area contributed by atoms with Crippen molar-refractivity contribution >= 4 is 34.5 Å². The number of amides is 1. The number of carbonyl (C=O) groups excluding carboxylic acids is 1. The molecule has 4 aliphatic rings. The monoisotopic (exact) mass is 568 g/mol. The molecule has 0 aliphatic heterocycles. The summed E-state index contributed by atoms with van der Waals surface area (Å²) in [7, 11) is 0. The number of hydrogen-bond donors (Lipinski definition) is 0. The zero-order chi connectivity index (χ0) is 23.4. The molecule has 178 valence electrons. The van der Waals surface area contributed by atoms with Crippen LogP contribution in [0, 0.1) is 14.8 Å². The van der Waals surface area contributed by atoms with Gasteiger partial charge in [-0.3, -0.25) is 4.90 Å². The third kappa shape index (κ3) is 4.61. The standard InChI is InChI=1S/C24H30FIN4O3/c1-22(2,3)32-21(31)30(18-12-17(26)16(25)13-27-18)14-23-6-9-24(10-7-23,11-8-23)20-28-19(29-33-20)15-4-5-15/h12-13,15H,4-11,14H2,1-3H3. The fourth-order valence-electron chi connectivity index (χ4n) is 5.22. The Hall–Kier alpha value is -1.78. The van der Waals surface area contributed by atoms with Crippen LogP contribution in [0.2, 0.25) is 0 Å². The Morgan fingerprint density at radius 2 is 1.91 bits per heavy atom. The Morgan fingerprint density at radius 1 is 1.24 bits per heavy atom. The molecular formula is C24H30FIN4O3. The number of carbonyl (C=O) groups is 1. The molecule has 0 radical (unpaired) electrons. The van der Waals surface area contributed by atoms with Crippen molar-refractivity contribution in [3.05, 3.63) is 33.4 Å². The number of ether oxygens (including phenoxy) is 1. The Balaban J connectivity index is 1.36. The second kappa shape index (κ2) is 8.16. The van der Waals surface area contributed by atoms with Gasteiger partial charge in [0.25, 0.3) is 0 Å². The molecule has 0 unspecified atom stereocenters. The Morgan fingerprint density at radius 3 is 2.48 bits per heavy atom. The van der Waals surface area contributed by atoms with Crippen LogP contribution in [0.5, 0.6) is 0 Å². The van der Waals surface area contributed by atoms with Gasteiger partial charge in [-0.15, -0.1) is 0 Å². The van der Waals surface area contributed by atoms with E-state index in [4.69, 9.17) is 14.2 Å². The third-order valence-electron chi connectivity index (χ3n) is 7.42. The summed E-state index contributed by atoms with van der Waals surface area (Å²) in [6.45, 7) is 6.04. The summed E-state index contributed by atoms with van der Waals surface area (Å²) in [5.41, 5.74) is -0.701. The molecule has 0 saturated heterocycles. The van der Waals surface area contributed by atoms with Crippen molar-refractivity contribution < 1.29 is 18.4 Å². The molecule has 0 N–H and O–H groups in total. The predicted octanol–water partition coefficient (Wildman–Crippen LogP) is 6.12. The van der Waals surface area contributed by atoms with Crippen molar-refractivity contribution in [1.29, 1.82) is 0 Å². The summed E-state index contributed by atoms with van der Waals surface area (Å²) in [4.78, 5) is 23.8. The second-order valence-corrected chi connectivity index (χ2v) is 12.2. The lowest BCUT2D eigenvalue weighted by Gasteiger charge is -2.52. The van der Waals surface area contributed by atoms with Crippen molar-refractivity contribution in [1.82, 2.24) is 15.1 Å². The molecule has 2 aromatic rings. The molecule has 2 aromatic heterocycles. The maximum Gasteiger partial charge on any atom is 0.416 e.